The van der Waals surface area contributed by atoms with Gasteiger partial charge in [-0.25, -0.2) is 14.4 Å². The zero-order valence-corrected chi connectivity index (χ0v) is 27.2. The van der Waals surface area contributed by atoms with Crippen LogP contribution in [-0.4, -0.2) is 87.3 Å². The van der Waals surface area contributed by atoms with Crippen LogP contribution in [0.25, 0.3) is 0 Å². The van der Waals surface area contributed by atoms with Crippen LogP contribution < -0.4 is 11.1 Å². The first-order valence-electron chi connectivity index (χ1n) is 16.4. The summed E-state index contributed by atoms with van der Waals surface area (Å²) in [5.74, 6) is -1.53. The lowest BCUT2D eigenvalue weighted by Crippen LogP contribution is -2.67. The number of rotatable bonds is 11. The zero-order valence-electron chi connectivity index (χ0n) is 27.2. The maximum atomic E-state index is 14.1. The molecule has 7 rings (SSSR count). The van der Waals surface area contributed by atoms with Gasteiger partial charge in [0.2, 0.25) is 5.91 Å². The van der Waals surface area contributed by atoms with Gasteiger partial charge in [-0.15, -0.1) is 0 Å². The summed E-state index contributed by atoms with van der Waals surface area (Å²) in [6.07, 6.45) is 4.61. The van der Waals surface area contributed by atoms with Gasteiger partial charge in [-0.1, -0.05) is 54.6 Å². The van der Waals surface area contributed by atoms with Crippen LogP contribution in [0, 0.1) is 23.2 Å². The van der Waals surface area contributed by atoms with Crippen molar-refractivity contribution in [2.24, 2.45) is 23.5 Å². The molecule has 1 aliphatic heterocycles. The van der Waals surface area contributed by atoms with Gasteiger partial charge in [0.25, 0.3) is 5.91 Å². The van der Waals surface area contributed by atoms with Gasteiger partial charge in [0.1, 0.15) is 17.9 Å². The molecule has 5 amide bonds. The molecule has 0 aromatic heterocycles. The highest BCUT2D eigenvalue weighted by atomic mass is 16.5. The lowest BCUT2D eigenvalue weighted by Gasteiger charge is -2.60. The molecule has 5 fully saturated rings. The number of ether oxygens (including phenoxy) is 1. The van der Waals surface area contributed by atoms with Crippen molar-refractivity contribution < 1.29 is 33.8 Å². The van der Waals surface area contributed by atoms with E-state index in [1.165, 1.54) is 16.9 Å². The molecule has 13 heteroatoms. The van der Waals surface area contributed by atoms with E-state index in [1.54, 1.807) is 31.2 Å². The average Bonchev–Trinajstić information content (AvgIpc) is 3.22. The van der Waals surface area contributed by atoms with Crippen LogP contribution in [0.5, 0.6) is 0 Å². The van der Waals surface area contributed by atoms with Crippen molar-refractivity contribution in [3.63, 3.8) is 0 Å². The smallest absolute Gasteiger partial charge is 0.410 e. The van der Waals surface area contributed by atoms with E-state index in [0.717, 1.165) is 29.7 Å². The molecule has 4 bridgehead atoms. The first-order valence-corrected chi connectivity index (χ1v) is 16.4. The van der Waals surface area contributed by atoms with Crippen LogP contribution in [-0.2, 0) is 31.2 Å². The van der Waals surface area contributed by atoms with Crippen LogP contribution in [0.4, 0.5) is 9.59 Å². The van der Waals surface area contributed by atoms with Crippen molar-refractivity contribution >= 4 is 35.7 Å². The zero-order chi connectivity index (χ0) is 34.4. The monoisotopic (exact) mass is 658 g/mol. The predicted molar refractivity (Wildman–Crippen MR) is 173 cm³/mol. The number of nitrogen functional groups attached to an aromatic ring is 1. The Morgan fingerprint density at radius 2 is 1.60 bits per heavy atom. The molecule has 1 unspecified atom stereocenters. The number of amidine groups is 1. The Morgan fingerprint density at radius 1 is 1.02 bits per heavy atom. The van der Waals surface area contributed by atoms with Crippen LogP contribution in [0.15, 0.2) is 54.6 Å². The molecule has 2 aromatic carbocycles. The van der Waals surface area contributed by atoms with Gasteiger partial charge in [0.15, 0.2) is 6.04 Å². The molecule has 254 valence electrons. The summed E-state index contributed by atoms with van der Waals surface area (Å²) in [5, 5.41) is 20.7. The number of carboxylic acids is 1. The Morgan fingerprint density at radius 3 is 2.12 bits per heavy atom. The number of carboxylic acid groups (broad SMARTS) is 1. The summed E-state index contributed by atoms with van der Waals surface area (Å²) in [5.41, 5.74) is 5.17. The highest BCUT2D eigenvalue weighted by Crippen LogP contribution is 2.58. The number of nitrogens with zero attached hydrogens (tertiary/aromatic N) is 3. The van der Waals surface area contributed by atoms with Crippen molar-refractivity contribution in [3.05, 3.63) is 71.3 Å². The largest absolute Gasteiger partial charge is 0.480 e. The lowest BCUT2D eigenvalue weighted by molar-refractivity contribution is -0.151. The SMILES string of the molecule is COC(=O)N([C@@H](CNC(=O)CN1C(=O)N(Cc2ccccc2)C(C)(c2ccc(C(=N)N)cc2)C1=O)C(=O)O)C12CC3CC(CC(C3)C1)C2. The minimum Gasteiger partial charge on any atom is -0.480 e. The number of carbonyl (C=O) groups excluding carboxylic acids is 4. The summed E-state index contributed by atoms with van der Waals surface area (Å²) < 4.78 is 5.11. The topological polar surface area (TPSA) is 186 Å². The second-order valence-corrected chi connectivity index (χ2v) is 13.9. The molecule has 13 nitrogen and oxygen atoms in total. The number of urea groups is 1. The van der Waals surface area contributed by atoms with Crippen molar-refractivity contribution in [1.29, 1.82) is 5.41 Å². The van der Waals surface area contributed by atoms with Gasteiger partial charge in [-0.3, -0.25) is 24.8 Å². The van der Waals surface area contributed by atoms with Gasteiger partial charge in [-0.2, -0.15) is 0 Å². The van der Waals surface area contributed by atoms with Gasteiger partial charge in [-0.05, 0) is 74.3 Å². The number of amides is 5. The fraction of sp³-hybridized carbons (Fsp3) is 0.486. The van der Waals surface area contributed by atoms with Gasteiger partial charge >= 0.3 is 18.1 Å². The molecule has 4 aliphatic carbocycles. The van der Waals surface area contributed by atoms with Gasteiger partial charge in [0.05, 0.1) is 7.11 Å². The minimum absolute atomic E-state index is 0.0781. The number of benzene rings is 2. The van der Waals surface area contributed by atoms with Gasteiger partial charge in [0, 0.05) is 24.2 Å². The molecule has 1 heterocycles. The third kappa shape index (κ3) is 5.75. The van der Waals surface area contributed by atoms with Crippen LogP contribution in [0.3, 0.4) is 0 Å². The summed E-state index contributed by atoms with van der Waals surface area (Å²) >= 11 is 0. The number of nitrogens with one attached hydrogen (secondary N) is 2. The van der Waals surface area contributed by atoms with E-state index in [4.69, 9.17) is 15.9 Å². The molecule has 1 saturated heterocycles. The summed E-state index contributed by atoms with van der Waals surface area (Å²) in [6, 6.07) is 13.5. The van der Waals surface area contributed by atoms with Crippen LogP contribution in [0.2, 0.25) is 0 Å². The van der Waals surface area contributed by atoms with E-state index in [1.807, 2.05) is 30.3 Å². The standard InChI is InChI=1S/C35H42N6O7/c1-34(26-10-8-25(9-11-26)29(36)37)31(45)39(32(46)40(34)19-21-6-4-3-5-7-21)20-28(42)38-18-27(30(43)44)41(33(47)48-2)35-15-22-12-23(16-35)14-24(13-22)17-35/h3-11,22-24,27H,12-20H2,1-2H3,(H3,36,37)(H,38,42)(H,43,44)/t22?,23?,24?,27-,34?,35?/m0/s1. The Balaban J connectivity index is 1.22. The Kier molecular flexibility index (Phi) is 8.65. The molecule has 0 radical (unpaired) electrons. The number of carbonyl (C=O) groups is 5. The Hall–Kier alpha value is -4.94. The third-order valence-electron chi connectivity index (χ3n) is 10.9. The number of imide groups is 1. The second-order valence-electron chi connectivity index (χ2n) is 13.9. The number of aliphatic carboxylic acids is 1. The third-order valence-corrected chi connectivity index (χ3v) is 10.9. The molecule has 5 aliphatic rings. The highest BCUT2D eigenvalue weighted by molar-refractivity contribution is 6.09. The normalized spacial score (nSPS) is 27.9. The Bertz CT molecular complexity index is 1590. The molecular formula is C35H42N6O7. The molecule has 5 N–H and O–H groups in total. The first kappa shape index (κ1) is 33.0. The molecule has 0 spiro atoms. The molecule has 2 atom stereocenters. The molecule has 48 heavy (non-hydrogen) atoms. The van der Waals surface area contributed by atoms with Crippen molar-refractivity contribution in [1.82, 2.24) is 20.0 Å². The van der Waals surface area contributed by atoms with Crippen molar-refractivity contribution in [2.45, 2.75) is 69.1 Å². The number of methoxy groups -OCH3 is 1. The average molecular weight is 659 g/mol. The molecule has 4 saturated carbocycles. The summed E-state index contributed by atoms with van der Waals surface area (Å²) in [6.45, 7) is 0.622. The number of hydrogen-bond acceptors (Lipinski definition) is 7. The molecule has 2 aromatic rings. The quantitative estimate of drug-likeness (QED) is 0.161. The van der Waals surface area contributed by atoms with Crippen LogP contribution in [0.1, 0.15) is 62.1 Å². The van der Waals surface area contributed by atoms with Crippen LogP contribution >= 0.6 is 0 Å². The highest BCUT2D eigenvalue weighted by Gasteiger charge is 2.58. The van der Waals surface area contributed by atoms with Crippen molar-refractivity contribution in [2.75, 3.05) is 20.2 Å². The van der Waals surface area contributed by atoms with Crippen molar-refractivity contribution in [3.8, 4) is 0 Å². The van der Waals surface area contributed by atoms with E-state index >= 15 is 0 Å². The number of hydrogen-bond donors (Lipinski definition) is 4. The Labute approximate surface area is 278 Å². The van der Waals surface area contributed by atoms with E-state index in [-0.39, 0.29) is 12.4 Å². The van der Waals surface area contributed by atoms with E-state index in [0.29, 0.717) is 48.1 Å². The second kappa shape index (κ2) is 12.6. The fourth-order valence-corrected chi connectivity index (χ4v) is 9.00. The fourth-order valence-electron chi connectivity index (χ4n) is 9.00. The van der Waals surface area contributed by atoms with E-state index < -0.39 is 60.1 Å². The maximum absolute atomic E-state index is 14.1. The summed E-state index contributed by atoms with van der Waals surface area (Å²) in [4.78, 5) is 70.9. The molecular weight excluding hydrogens is 616 g/mol. The van der Waals surface area contributed by atoms with Gasteiger partial charge < -0.3 is 25.8 Å². The maximum Gasteiger partial charge on any atom is 0.410 e. The van der Waals surface area contributed by atoms with E-state index in [2.05, 4.69) is 5.32 Å². The summed E-state index contributed by atoms with van der Waals surface area (Å²) in [7, 11) is 1.23. The van der Waals surface area contributed by atoms with E-state index in [9.17, 15) is 29.1 Å². The minimum atomic E-state index is -1.49. The lowest BCUT2D eigenvalue weighted by atomic mass is 9.52. The first-order chi connectivity index (χ1) is 22.9. The predicted octanol–water partition coefficient (Wildman–Crippen LogP) is 3.26. The number of nitrogens with two attached hydrogens (primary N) is 1.